The molecule has 0 amide bonds. The Kier molecular flexibility index (Phi) is 3.82. The minimum atomic E-state index is 0.488. The molecule has 3 nitrogen and oxygen atoms in total. The summed E-state index contributed by atoms with van der Waals surface area (Å²) < 4.78 is 5.33. The lowest BCUT2D eigenvalue weighted by Crippen LogP contribution is -2.36. The fraction of sp³-hybridized carbons (Fsp3) is 0.308. The smallest absolute Gasteiger partial charge is 0.0710 e. The fourth-order valence-electron chi connectivity index (χ4n) is 1.90. The van der Waals surface area contributed by atoms with Gasteiger partial charge in [-0.1, -0.05) is 18.2 Å². The topological polar surface area (TPSA) is 24.8 Å². The van der Waals surface area contributed by atoms with Crippen molar-refractivity contribution < 1.29 is 4.74 Å². The summed E-state index contributed by atoms with van der Waals surface area (Å²) in [4.78, 5) is 6.20. The molecule has 1 aromatic carbocycles. The molecule has 0 unspecified atom stereocenters. The third-order valence-corrected chi connectivity index (χ3v) is 3.02. The third-order valence-electron chi connectivity index (χ3n) is 2.82. The molecule has 1 saturated heterocycles. The van der Waals surface area contributed by atoms with Crippen molar-refractivity contribution in [3.8, 4) is 0 Å². The molecule has 2 rings (SSSR count). The van der Waals surface area contributed by atoms with E-state index in [2.05, 4.69) is 23.2 Å². The van der Waals surface area contributed by atoms with Crippen molar-refractivity contribution in [1.29, 1.82) is 0 Å². The second-order valence-corrected chi connectivity index (χ2v) is 4.32. The molecule has 0 aliphatic carbocycles. The number of nitrogens with zero attached hydrogens (tertiary/aromatic N) is 2. The van der Waals surface area contributed by atoms with E-state index in [9.17, 15) is 0 Å². The highest BCUT2D eigenvalue weighted by atomic mass is 35.5. The van der Waals surface area contributed by atoms with Crippen LogP contribution in [-0.2, 0) is 4.74 Å². The van der Waals surface area contributed by atoms with Crippen LogP contribution in [0.5, 0.6) is 0 Å². The first-order valence-electron chi connectivity index (χ1n) is 5.50. The van der Waals surface area contributed by atoms with E-state index >= 15 is 0 Å². The molecule has 1 aromatic rings. The summed E-state index contributed by atoms with van der Waals surface area (Å²) in [5.74, 6) is 0. The van der Waals surface area contributed by atoms with Crippen LogP contribution in [0.15, 0.2) is 29.8 Å². The molecule has 0 saturated carbocycles. The van der Waals surface area contributed by atoms with Gasteiger partial charge in [0.2, 0.25) is 0 Å². The molecule has 0 radical (unpaired) electrons. The number of aliphatic imine (C=N–C) groups is 1. The maximum atomic E-state index is 5.97. The predicted octanol–water partition coefficient (Wildman–Crippen LogP) is 3.06. The molecule has 0 bridgehead atoms. The molecule has 1 aliphatic rings. The molecule has 17 heavy (non-hydrogen) atoms. The van der Waals surface area contributed by atoms with Crippen LogP contribution in [0.1, 0.15) is 5.56 Å². The van der Waals surface area contributed by atoms with Crippen LogP contribution >= 0.6 is 11.6 Å². The molecular weight excluding hydrogens is 236 g/mol. The standard InChI is InChI=1S/C13H15ClN2O/c1-10(14)12-9-11(3-4-13(12)15-2)16-5-7-17-8-6-16/h3-4,9H,1-2,5-8H2. The van der Waals surface area contributed by atoms with Gasteiger partial charge in [0.15, 0.2) is 0 Å². The quantitative estimate of drug-likeness (QED) is 0.771. The Morgan fingerprint density at radius 2 is 2.06 bits per heavy atom. The summed E-state index contributed by atoms with van der Waals surface area (Å²) in [6.45, 7) is 10.6. The number of halogens is 1. The average Bonchev–Trinajstić information content (AvgIpc) is 2.39. The summed E-state index contributed by atoms with van der Waals surface area (Å²) in [6.07, 6.45) is 0. The van der Waals surface area contributed by atoms with Gasteiger partial charge in [-0.2, -0.15) is 0 Å². The van der Waals surface area contributed by atoms with Gasteiger partial charge >= 0.3 is 0 Å². The first-order chi connectivity index (χ1) is 8.22. The van der Waals surface area contributed by atoms with Crippen molar-refractivity contribution in [3.05, 3.63) is 30.3 Å². The Morgan fingerprint density at radius 3 is 2.65 bits per heavy atom. The number of hydrogen-bond acceptors (Lipinski definition) is 3. The Balaban J connectivity index is 2.32. The maximum Gasteiger partial charge on any atom is 0.0710 e. The lowest BCUT2D eigenvalue weighted by Gasteiger charge is -2.29. The molecule has 0 aromatic heterocycles. The lowest BCUT2D eigenvalue weighted by molar-refractivity contribution is 0.122. The molecule has 4 heteroatoms. The van der Waals surface area contributed by atoms with E-state index in [0.29, 0.717) is 5.03 Å². The summed E-state index contributed by atoms with van der Waals surface area (Å²) in [5.41, 5.74) is 2.73. The van der Waals surface area contributed by atoms with Crippen LogP contribution in [0.4, 0.5) is 11.4 Å². The van der Waals surface area contributed by atoms with Crippen LogP contribution in [0, 0.1) is 0 Å². The number of benzene rings is 1. The third kappa shape index (κ3) is 2.68. The van der Waals surface area contributed by atoms with Gasteiger partial charge in [0.1, 0.15) is 0 Å². The number of ether oxygens (including phenoxy) is 1. The minimum absolute atomic E-state index is 0.488. The second kappa shape index (κ2) is 5.34. The number of anilines is 1. The van der Waals surface area contributed by atoms with Crippen molar-refractivity contribution >= 4 is 34.7 Å². The Hall–Kier alpha value is -1.32. The SMILES string of the molecule is C=Nc1ccc(N2CCOCC2)cc1C(=C)Cl. The first-order valence-corrected chi connectivity index (χ1v) is 5.88. The van der Waals surface area contributed by atoms with E-state index in [-0.39, 0.29) is 0 Å². The summed E-state index contributed by atoms with van der Waals surface area (Å²) >= 11 is 5.97. The fourth-order valence-corrected chi connectivity index (χ4v) is 2.05. The van der Waals surface area contributed by atoms with Crippen molar-refractivity contribution in [1.82, 2.24) is 0 Å². The monoisotopic (exact) mass is 250 g/mol. The highest BCUT2D eigenvalue weighted by Gasteiger charge is 2.13. The van der Waals surface area contributed by atoms with Gasteiger partial charge in [-0.05, 0) is 24.9 Å². The molecule has 0 N–H and O–H groups in total. The van der Waals surface area contributed by atoms with Crippen molar-refractivity contribution in [2.24, 2.45) is 4.99 Å². The maximum absolute atomic E-state index is 5.97. The van der Waals surface area contributed by atoms with E-state index in [4.69, 9.17) is 16.3 Å². The first kappa shape index (κ1) is 12.1. The molecule has 1 aliphatic heterocycles. The van der Waals surface area contributed by atoms with E-state index in [0.717, 1.165) is 43.2 Å². The molecule has 0 atom stereocenters. The Morgan fingerprint density at radius 1 is 1.35 bits per heavy atom. The van der Waals surface area contributed by atoms with Crippen LogP contribution in [-0.4, -0.2) is 33.0 Å². The van der Waals surface area contributed by atoms with Crippen LogP contribution in [0.3, 0.4) is 0 Å². The van der Waals surface area contributed by atoms with E-state index in [1.165, 1.54) is 0 Å². The Labute approximate surface area is 106 Å². The highest BCUT2D eigenvalue weighted by molar-refractivity contribution is 6.48. The van der Waals surface area contributed by atoms with Crippen molar-refractivity contribution in [2.75, 3.05) is 31.2 Å². The van der Waals surface area contributed by atoms with Crippen LogP contribution in [0.25, 0.3) is 5.03 Å². The van der Waals surface area contributed by atoms with Crippen molar-refractivity contribution in [3.63, 3.8) is 0 Å². The van der Waals surface area contributed by atoms with Gasteiger partial charge in [-0.15, -0.1) is 0 Å². The second-order valence-electron chi connectivity index (χ2n) is 3.86. The summed E-state index contributed by atoms with van der Waals surface area (Å²) in [7, 11) is 0. The summed E-state index contributed by atoms with van der Waals surface area (Å²) in [5, 5.41) is 0.488. The lowest BCUT2D eigenvalue weighted by atomic mass is 10.1. The van der Waals surface area contributed by atoms with Crippen LogP contribution in [0.2, 0.25) is 0 Å². The van der Waals surface area contributed by atoms with Gasteiger partial charge in [-0.3, -0.25) is 4.99 Å². The molecule has 90 valence electrons. The van der Waals surface area contributed by atoms with Crippen LogP contribution < -0.4 is 4.90 Å². The molecule has 1 heterocycles. The predicted molar refractivity (Wildman–Crippen MR) is 73.6 cm³/mol. The molecule has 1 fully saturated rings. The zero-order valence-electron chi connectivity index (χ0n) is 9.66. The molecule has 0 spiro atoms. The highest BCUT2D eigenvalue weighted by Crippen LogP contribution is 2.31. The van der Waals surface area contributed by atoms with Gasteiger partial charge in [-0.25, -0.2) is 0 Å². The number of hydrogen-bond donors (Lipinski definition) is 0. The average molecular weight is 251 g/mol. The minimum Gasteiger partial charge on any atom is -0.378 e. The van der Waals surface area contributed by atoms with E-state index in [1.54, 1.807) is 0 Å². The van der Waals surface area contributed by atoms with Gasteiger partial charge in [0.25, 0.3) is 0 Å². The largest absolute Gasteiger partial charge is 0.378 e. The zero-order valence-corrected chi connectivity index (χ0v) is 10.4. The number of morpholine rings is 1. The zero-order chi connectivity index (χ0) is 12.3. The number of rotatable bonds is 3. The van der Waals surface area contributed by atoms with E-state index < -0.39 is 0 Å². The Bertz CT molecular complexity index is 439. The van der Waals surface area contributed by atoms with E-state index in [1.807, 2.05) is 18.2 Å². The van der Waals surface area contributed by atoms with Gasteiger partial charge in [0, 0.05) is 29.4 Å². The molecular formula is C13H15ClN2O. The van der Waals surface area contributed by atoms with Gasteiger partial charge in [0.05, 0.1) is 18.9 Å². The normalized spacial score (nSPS) is 15.7. The van der Waals surface area contributed by atoms with Gasteiger partial charge < -0.3 is 9.64 Å². The summed E-state index contributed by atoms with van der Waals surface area (Å²) in [6, 6.07) is 5.95. The van der Waals surface area contributed by atoms with Crippen molar-refractivity contribution in [2.45, 2.75) is 0 Å².